The molecule has 6 nitrogen and oxygen atoms in total. The van der Waals surface area contributed by atoms with Crippen LogP contribution in [0.1, 0.15) is 37.9 Å². The van der Waals surface area contributed by atoms with Crippen LogP contribution in [-0.2, 0) is 17.9 Å². The van der Waals surface area contributed by atoms with Crippen molar-refractivity contribution in [3.8, 4) is 0 Å². The van der Waals surface area contributed by atoms with Crippen LogP contribution in [0.2, 0.25) is 0 Å². The molecule has 3 rings (SSSR count). The van der Waals surface area contributed by atoms with Crippen LogP contribution >= 0.6 is 0 Å². The number of carbonyl (C=O) groups is 1. The zero-order valence-corrected chi connectivity index (χ0v) is 11.1. The largest absolute Gasteiger partial charge is 0.481 e. The SMILES string of the molecule is O=C(O)C1(CN2CCn3cnnc3C2)CCCCC1. The first kappa shape index (κ1) is 12.6. The predicted octanol–water partition coefficient (Wildman–Crippen LogP) is 1.13. The summed E-state index contributed by atoms with van der Waals surface area (Å²) in [6, 6.07) is 0. The summed E-state index contributed by atoms with van der Waals surface area (Å²) in [4.78, 5) is 13.9. The van der Waals surface area contributed by atoms with Crippen molar-refractivity contribution in [3.05, 3.63) is 12.2 Å². The minimum atomic E-state index is -0.626. The van der Waals surface area contributed by atoms with Crippen molar-refractivity contribution < 1.29 is 9.90 Å². The summed E-state index contributed by atoms with van der Waals surface area (Å²) in [7, 11) is 0. The Morgan fingerprint density at radius 1 is 1.32 bits per heavy atom. The summed E-state index contributed by atoms with van der Waals surface area (Å²) in [5, 5.41) is 17.6. The fourth-order valence-corrected chi connectivity index (χ4v) is 3.35. The van der Waals surface area contributed by atoms with Gasteiger partial charge in [-0.25, -0.2) is 0 Å². The predicted molar refractivity (Wildman–Crippen MR) is 68.5 cm³/mol. The first-order valence-electron chi connectivity index (χ1n) is 7.02. The Bertz CT molecular complexity index is 465. The summed E-state index contributed by atoms with van der Waals surface area (Å²) < 4.78 is 2.05. The number of aliphatic carboxylic acids is 1. The summed E-state index contributed by atoms with van der Waals surface area (Å²) >= 11 is 0. The molecule has 2 aliphatic rings. The first-order valence-corrected chi connectivity index (χ1v) is 7.02. The van der Waals surface area contributed by atoms with E-state index in [1.807, 2.05) is 4.57 Å². The van der Waals surface area contributed by atoms with Crippen molar-refractivity contribution in [1.82, 2.24) is 19.7 Å². The number of hydrogen-bond donors (Lipinski definition) is 1. The number of rotatable bonds is 3. The molecule has 2 heterocycles. The van der Waals surface area contributed by atoms with E-state index >= 15 is 0 Å². The molecular weight excluding hydrogens is 244 g/mol. The third kappa shape index (κ3) is 2.36. The molecule has 0 atom stereocenters. The fraction of sp³-hybridized carbons (Fsp3) is 0.769. The van der Waals surface area contributed by atoms with Crippen molar-refractivity contribution in [2.24, 2.45) is 5.41 Å². The standard InChI is InChI=1S/C13H20N4O2/c18-12(19)13(4-2-1-3-5-13)9-16-6-7-17-10-14-15-11(17)8-16/h10H,1-9H2,(H,18,19). The van der Waals surface area contributed by atoms with Gasteiger partial charge in [-0.15, -0.1) is 10.2 Å². The van der Waals surface area contributed by atoms with Gasteiger partial charge in [0.05, 0.1) is 12.0 Å². The molecule has 1 aliphatic carbocycles. The molecule has 1 aromatic heterocycles. The van der Waals surface area contributed by atoms with Gasteiger partial charge in [0.1, 0.15) is 12.2 Å². The van der Waals surface area contributed by atoms with Gasteiger partial charge in [-0.1, -0.05) is 19.3 Å². The summed E-state index contributed by atoms with van der Waals surface area (Å²) in [5.74, 6) is 0.321. The van der Waals surface area contributed by atoms with Gasteiger partial charge in [-0.2, -0.15) is 0 Å². The van der Waals surface area contributed by atoms with Crippen LogP contribution in [0.25, 0.3) is 0 Å². The molecule has 0 unspecified atom stereocenters. The van der Waals surface area contributed by atoms with Gasteiger partial charge in [0.15, 0.2) is 0 Å². The van der Waals surface area contributed by atoms with Gasteiger partial charge in [-0.3, -0.25) is 9.69 Å². The molecule has 1 saturated carbocycles. The molecule has 0 aromatic carbocycles. The second-order valence-electron chi connectivity index (χ2n) is 5.80. The van der Waals surface area contributed by atoms with Crippen molar-refractivity contribution in [2.45, 2.75) is 45.2 Å². The third-order valence-corrected chi connectivity index (χ3v) is 4.51. The highest BCUT2D eigenvalue weighted by atomic mass is 16.4. The zero-order valence-electron chi connectivity index (χ0n) is 11.1. The van der Waals surface area contributed by atoms with Gasteiger partial charge in [0.25, 0.3) is 0 Å². The maximum atomic E-state index is 11.7. The van der Waals surface area contributed by atoms with Crippen LogP contribution in [0.4, 0.5) is 0 Å². The molecule has 0 amide bonds. The Labute approximate surface area is 112 Å². The van der Waals surface area contributed by atoms with E-state index in [9.17, 15) is 9.90 Å². The maximum absolute atomic E-state index is 11.7. The smallest absolute Gasteiger partial charge is 0.310 e. The van der Waals surface area contributed by atoms with Crippen LogP contribution in [0.15, 0.2) is 6.33 Å². The molecule has 0 saturated heterocycles. The van der Waals surface area contributed by atoms with Crippen LogP contribution in [0.3, 0.4) is 0 Å². The minimum absolute atomic E-state index is 0.541. The van der Waals surface area contributed by atoms with Gasteiger partial charge in [0, 0.05) is 19.6 Å². The van der Waals surface area contributed by atoms with Crippen molar-refractivity contribution in [2.75, 3.05) is 13.1 Å². The molecule has 1 fully saturated rings. The van der Waals surface area contributed by atoms with Gasteiger partial charge < -0.3 is 9.67 Å². The number of hydrogen-bond acceptors (Lipinski definition) is 4. The summed E-state index contributed by atoms with van der Waals surface area (Å²) in [5.41, 5.74) is -0.541. The number of fused-ring (bicyclic) bond motifs is 1. The van der Waals surface area contributed by atoms with Crippen LogP contribution in [-0.4, -0.2) is 43.8 Å². The van der Waals surface area contributed by atoms with Crippen LogP contribution in [0.5, 0.6) is 0 Å². The van der Waals surface area contributed by atoms with Crippen LogP contribution < -0.4 is 0 Å². The number of aromatic nitrogens is 3. The highest BCUT2D eigenvalue weighted by Crippen LogP contribution is 2.37. The average Bonchev–Trinajstić information content (AvgIpc) is 2.87. The van der Waals surface area contributed by atoms with Crippen molar-refractivity contribution >= 4 is 5.97 Å². The Morgan fingerprint density at radius 3 is 2.84 bits per heavy atom. The lowest BCUT2D eigenvalue weighted by molar-refractivity contribution is -0.152. The lowest BCUT2D eigenvalue weighted by Crippen LogP contribution is -2.46. The minimum Gasteiger partial charge on any atom is -0.481 e. The molecule has 0 bridgehead atoms. The Kier molecular flexibility index (Phi) is 3.26. The van der Waals surface area contributed by atoms with E-state index < -0.39 is 11.4 Å². The summed E-state index contributed by atoms with van der Waals surface area (Å²) in [6.45, 7) is 3.11. The molecule has 1 aliphatic heterocycles. The Balaban J connectivity index is 1.71. The van der Waals surface area contributed by atoms with Gasteiger partial charge in [0.2, 0.25) is 0 Å². The zero-order chi connectivity index (χ0) is 13.3. The molecule has 1 N–H and O–H groups in total. The second kappa shape index (κ2) is 4.92. The molecule has 0 radical (unpaired) electrons. The number of carboxylic acid groups (broad SMARTS) is 1. The Morgan fingerprint density at radius 2 is 2.11 bits per heavy atom. The fourth-order valence-electron chi connectivity index (χ4n) is 3.35. The van der Waals surface area contributed by atoms with Gasteiger partial charge >= 0.3 is 5.97 Å². The maximum Gasteiger partial charge on any atom is 0.310 e. The van der Waals surface area contributed by atoms with Crippen molar-refractivity contribution in [3.63, 3.8) is 0 Å². The monoisotopic (exact) mass is 264 g/mol. The normalized spacial score (nSPS) is 22.9. The molecule has 19 heavy (non-hydrogen) atoms. The first-order chi connectivity index (χ1) is 9.20. The second-order valence-corrected chi connectivity index (χ2v) is 5.80. The quantitative estimate of drug-likeness (QED) is 0.886. The molecule has 6 heteroatoms. The van der Waals surface area contributed by atoms with E-state index in [4.69, 9.17) is 0 Å². The van der Waals surface area contributed by atoms with E-state index in [1.165, 1.54) is 6.42 Å². The lowest BCUT2D eigenvalue weighted by atomic mass is 9.73. The molecule has 1 aromatic rings. The number of carboxylic acids is 1. The van der Waals surface area contributed by atoms with Crippen molar-refractivity contribution in [1.29, 1.82) is 0 Å². The van der Waals surface area contributed by atoms with E-state index in [2.05, 4.69) is 15.1 Å². The lowest BCUT2D eigenvalue weighted by Gasteiger charge is -2.38. The number of nitrogens with zero attached hydrogens (tertiary/aromatic N) is 4. The van der Waals surface area contributed by atoms with E-state index in [0.717, 1.165) is 51.1 Å². The Hall–Kier alpha value is -1.43. The van der Waals surface area contributed by atoms with Gasteiger partial charge in [-0.05, 0) is 12.8 Å². The topological polar surface area (TPSA) is 71.2 Å². The van der Waals surface area contributed by atoms with E-state index in [1.54, 1.807) is 6.33 Å². The highest BCUT2D eigenvalue weighted by molar-refractivity contribution is 5.75. The highest BCUT2D eigenvalue weighted by Gasteiger charge is 2.41. The van der Waals surface area contributed by atoms with Crippen LogP contribution in [0, 0.1) is 5.41 Å². The molecular formula is C13H20N4O2. The third-order valence-electron chi connectivity index (χ3n) is 4.51. The van der Waals surface area contributed by atoms with E-state index in [0.29, 0.717) is 6.54 Å². The van der Waals surface area contributed by atoms with E-state index in [-0.39, 0.29) is 0 Å². The summed E-state index contributed by atoms with van der Waals surface area (Å²) in [6.07, 6.45) is 6.62. The molecule has 104 valence electrons. The molecule has 0 spiro atoms. The average molecular weight is 264 g/mol.